The van der Waals surface area contributed by atoms with Crippen LogP contribution in [0.5, 0.6) is 5.75 Å². The average Bonchev–Trinajstić information content (AvgIpc) is 2.72. The van der Waals surface area contributed by atoms with Crippen LogP contribution >= 0.6 is 15.9 Å². The fourth-order valence-corrected chi connectivity index (χ4v) is 2.51. The van der Waals surface area contributed by atoms with E-state index in [0.29, 0.717) is 6.54 Å². The zero-order chi connectivity index (χ0) is 13.1. The molecule has 0 aliphatic rings. The van der Waals surface area contributed by atoms with E-state index < -0.39 is 0 Å². The van der Waals surface area contributed by atoms with E-state index in [-0.39, 0.29) is 0 Å². The van der Waals surface area contributed by atoms with Crippen LogP contribution in [0.4, 0.5) is 0 Å². The molecular formula is C13H16BrN3O. The van der Waals surface area contributed by atoms with Gasteiger partial charge in [0.15, 0.2) is 0 Å². The second-order valence-corrected chi connectivity index (χ2v) is 4.87. The monoisotopic (exact) mass is 309 g/mol. The van der Waals surface area contributed by atoms with Gasteiger partial charge in [-0.3, -0.25) is 4.68 Å². The highest BCUT2D eigenvalue weighted by atomic mass is 79.9. The summed E-state index contributed by atoms with van der Waals surface area (Å²) in [7, 11) is 3.59. The van der Waals surface area contributed by atoms with Crippen LogP contribution in [0.25, 0.3) is 11.1 Å². The van der Waals surface area contributed by atoms with Gasteiger partial charge in [0.05, 0.1) is 17.8 Å². The summed E-state index contributed by atoms with van der Waals surface area (Å²) in [6, 6.07) is 6.01. The van der Waals surface area contributed by atoms with Gasteiger partial charge in [-0.2, -0.15) is 5.10 Å². The Morgan fingerprint density at radius 2 is 2.22 bits per heavy atom. The van der Waals surface area contributed by atoms with E-state index in [9.17, 15) is 0 Å². The number of hydrogen-bond donors (Lipinski definition) is 1. The second-order valence-electron chi connectivity index (χ2n) is 4.02. The first-order valence-corrected chi connectivity index (χ1v) is 6.51. The number of nitrogens with zero attached hydrogens (tertiary/aromatic N) is 2. The second kappa shape index (κ2) is 5.54. The van der Waals surface area contributed by atoms with Crippen LogP contribution in [0.1, 0.15) is 5.69 Å². The Bertz CT molecular complexity index is 551. The van der Waals surface area contributed by atoms with Crippen LogP contribution in [0.2, 0.25) is 0 Å². The number of aromatic nitrogens is 2. The summed E-state index contributed by atoms with van der Waals surface area (Å²) >= 11 is 3.50. The molecule has 2 rings (SSSR count). The topological polar surface area (TPSA) is 53.1 Å². The van der Waals surface area contributed by atoms with Crippen molar-refractivity contribution in [3.05, 3.63) is 34.6 Å². The highest BCUT2D eigenvalue weighted by Gasteiger charge is 2.11. The fraction of sp³-hybridized carbons (Fsp3) is 0.308. The third kappa shape index (κ3) is 2.42. The molecule has 0 spiro atoms. The lowest BCUT2D eigenvalue weighted by Gasteiger charge is -2.08. The lowest BCUT2D eigenvalue weighted by Crippen LogP contribution is -2.08. The molecule has 0 radical (unpaired) electrons. The highest BCUT2D eigenvalue weighted by Crippen LogP contribution is 2.31. The Hall–Kier alpha value is -1.33. The Morgan fingerprint density at radius 3 is 2.83 bits per heavy atom. The molecule has 0 unspecified atom stereocenters. The van der Waals surface area contributed by atoms with Gasteiger partial charge in [0, 0.05) is 24.7 Å². The maximum Gasteiger partial charge on any atom is 0.133 e. The Labute approximate surface area is 115 Å². The molecule has 0 saturated carbocycles. The maximum absolute atomic E-state index is 5.64. The summed E-state index contributed by atoms with van der Waals surface area (Å²) in [5, 5.41) is 4.30. The van der Waals surface area contributed by atoms with E-state index in [2.05, 4.69) is 21.0 Å². The van der Waals surface area contributed by atoms with Crippen LogP contribution in [0.3, 0.4) is 0 Å². The predicted molar refractivity (Wildman–Crippen MR) is 75.7 cm³/mol. The third-order valence-electron chi connectivity index (χ3n) is 2.91. The van der Waals surface area contributed by atoms with Gasteiger partial charge in [0.25, 0.3) is 0 Å². The van der Waals surface area contributed by atoms with Gasteiger partial charge in [0.1, 0.15) is 5.75 Å². The number of aryl methyl sites for hydroxylation is 1. The molecule has 18 heavy (non-hydrogen) atoms. The predicted octanol–water partition coefficient (Wildman–Crippen LogP) is 2.36. The van der Waals surface area contributed by atoms with E-state index in [4.69, 9.17) is 10.5 Å². The Balaban J connectivity index is 2.45. The number of hydrogen-bond acceptors (Lipinski definition) is 3. The van der Waals surface area contributed by atoms with Gasteiger partial charge in [0.2, 0.25) is 0 Å². The SMILES string of the molecule is COc1ccc(-c2cnn(C)c2CCN)cc1Br. The average molecular weight is 310 g/mol. The lowest BCUT2D eigenvalue weighted by molar-refractivity contribution is 0.412. The number of methoxy groups -OCH3 is 1. The van der Waals surface area contributed by atoms with Crippen molar-refractivity contribution in [1.82, 2.24) is 9.78 Å². The fourth-order valence-electron chi connectivity index (χ4n) is 1.97. The van der Waals surface area contributed by atoms with E-state index in [0.717, 1.165) is 33.5 Å². The van der Waals surface area contributed by atoms with Crippen molar-refractivity contribution in [3.8, 4) is 16.9 Å². The maximum atomic E-state index is 5.64. The van der Waals surface area contributed by atoms with Crippen LogP contribution in [0, 0.1) is 0 Å². The van der Waals surface area contributed by atoms with Gasteiger partial charge < -0.3 is 10.5 Å². The van der Waals surface area contributed by atoms with E-state index >= 15 is 0 Å². The first kappa shape index (κ1) is 13.1. The zero-order valence-electron chi connectivity index (χ0n) is 10.5. The molecule has 0 bridgehead atoms. The molecule has 0 amide bonds. The van der Waals surface area contributed by atoms with Crippen molar-refractivity contribution in [2.45, 2.75) is 6.42 Å². The van der Waals surface area contributed by atoms with Gasteiger partial charge in [-0.1, -0.05) is 6.07 Å². The Morgan fingerprint density at radius 1 is 1.44 bits per heavy atom. The minimum Gasteiger partial charge on any atom is -0.496 e. The zero-order valence-corrected chi connectivity index (χ0v) is 12.1. The summed E-state index contributed by atoms with van der Waals surface area (Å²) in [4.78, 5) is 0. The minimum absolute atomic E-state index is 0.615. The summed E-state index contributed by atoms with van der Waals surface area (Å²) in [5.74, 6) is 0.822. The van der Waals surface area contributed by atoms with E-state index in [1.54, 1.807) is 7.11 Å². The summed E-state index contributed by atoms with van der Waals surface area (Å²) in [5.41, 5.74) is 9.02. The van der Waals surface area contributed by atoms with Crippen LogP contribution in [0.15, 0.2) is 28.9 Å². The Kier molecular flexibility index (Phi) is 4.04. The summed E-state index contributed by atoms with van der Waals surface area (Å²) < 4.78 is 8.04. The van der Waals surface area contributed by atoms with Crippen molar-refractivity contribution in [1.29, 1.82) is 0 Å². The molecule has 0 aliphatic heterocycles. The normalized spacial score (nSPS) is 10.7. The minimum atomic E-state index is 0.615. The molecule has 5 heteroatoms. The number of ether oxygens (including phenoxy) is 1. The molecule has 0 saturated heterocycles. The molecule has 1 heterocycles. The van der Waals surface area contributed by atoms with Crippen molar-refractivity contribution in [3.63, 3.8) is 0 Å². The lowest BCUT2D eigenvalue weighted by atomic mass is 10.0. The summed E-state index contributed by atoms with van der Waals surface area (Å²) in [6.07, 6.45) is 2.69. The molecule has 0 aliphatic carbocycles. The van der Waals surface area contributed by atoms with Crippen LogP contribution in [-0.4, -0.2) is 23.4 Å². The quantitative estimate of drug-likeness (QED) is 0.943. The molecule has 96 valence electrons. The smallest absolute Gasteiger partial charge is 0.133 e. The molecule has 1 aromatic heterocycles. The van der Waals surface area contributed by atoms with Gasteiger partial charge in [-0.05, 0) is 40.2 Å². The summed E-state index contributed by atoms with van der Waals surface area (Å²) in [6.45, 7) is 0.615. The molecule has 2 N–H and O–H groups in total. The molecular weight excluding hydrogens is 294 g/mol. The standard InChI is InChI=1S/C13H16BrN3O/c1-17-12(5-6-15)10(8-16-17)9-3-4-13(18-2)11(14)7-9/h3-4,7-8H,5-6,15H2,1-2H3. The molecule has 2 aromatic rings. The van der Waals surface area contributed by atoms with Crippen molar-refractivity contribution in [2.24, 2.45) is 12.8 Å². The van der Waals surface area contributed by atoms with Gasteiger partial charge in [-0.15, -0.1) is 0 Å². The number of nitrogens with two attached hydrogens (primary N) is 1. The van der Waals surface area contributed by atoms with E-state index in [1.807, 2.05) is 36.1 Å². The van der Waals surface area contributed by atoms with Gasteiger partial charge in [-0.25, -0.2) is 0 Å². The van der Waals surface area contributed by atoms with Crippen molar-refractivity contribution < 1.29 is 4.74 Å². The molecule has 0 atom stereocenters. The molecule has 4 nitrogen and oxygen atoms in total. The van der Waals surface area contributed by atoms with Crippen LogP contribution in [-0.2, 0) is 13.5 Å². The largest absolute Gasteiger partial charge is 0.496 e. The number of halogens is 1. The van der Waals surface area contributed by atoms with Gasteiger partial charge >= 0.3 is 0 Å². The van der Waals surface area contributed by atoms with Crippen LogP contribution < -0.4 is 10.5 Å². The molecule has 0 fully saturated rings. The molecule has 1 aromatic carbocycles. The highest BCUT2D eigenvalue weighted by molar-refractivity contribution is 9.10. The first-order chi connectivity index (χ1) is 8.67. The first-order valence-electron chi connectivity index (χ1n) is 5.72. The third-order valence-corrected chi connectivity index (χ3v) is 3.53. The van der Waals surface area contributed by atoms with Crippen molar-refractivity contribution in [2.75, 3.05) is 13.7 Å². The number of rotatable bonds is 4. The van der Waals surface area contributed by atoms with E-state index in [1.165, 1.54) is 0 Å². The number of benzene rings is 1. The van der Waals surface area contributed by atoms with Crippen molar-refractivity contribution >= 4 is 15.9 Å².